The van der Waals surface area contributed by atoms with Crippen LogP contribution in [0.5, 0.6) is 0 Å². The third-order valence-electron chi connectivity index (χ3n) is 5.23. The molecule has 0 bridgehead atoms. The lowest BCUT2D eigenvalue weighted by atomic mass is 10.1. The molecule has 0 spiro atoms. The minimum Gasteiger partial charge on any atom is -0.444 e. The third-order valence-corrected chi connectivity index (χ3v) is 9.73. The van der Waals surface area contributed by atoms with Crippen molar-refractivity contribution in [1.29, 1.82) is 0 Å². The Morgan fingerprint density at radius 3 is 2.44 bits per heavy atom. The molecule has 0 radical (unpaired) electrons. The van der Waals surface area contributed by atoms with E-state index in [1.54, 1.807) is 17.2 Å². The lowest BCUT2D eigenvalue weighted by molar-refractivity contribution is 0.0114. The number of hydrogen-bond acceptors (Lipinski definition) is 5. The van der Waals surface area contributed by atoms with Gasteiger partial charge in [-0.15, -0.1) is 0 Å². The molecule has 2 heterocycles. The molecule has 1 aliphatic heterocycles. The third kappa shape index (κ3) is 4.96. The number of ether oxygens (including phenoxy) is 1. The summed E-state index contributed by atoms with van der Waals surface area (Å²) in [5.74, 6) is 0. The van der Waals surface area contributed by atoms with Crippen molar-refractivity contribution in [3.05, 3.63) is 29.1 Å². The van der Waals surface area contributed by atoms with Crippen molar-refractivity contribution in [2.45, 2.75) is 77.9 Å². The molecule has 1 amide bonds. The van der Waals surface area contributed by atoms with E-state index in [2.05, 4.69) is 38.8 Å². The molecule has 0 unspecified atom stereocenters. The summed E-state index contributed by atoms with van der Waals surface area (Å²) in [5.41, 5.74) is 1.57. The van der Waals surface area contributed by atoms with Crippen molar-refractivity contribution in [3.63, 3.8) is 0 Å². The predicted molar refractivity (Wildman–Crippen MR) is 107 cm³/mol. The molecule has 0 saturated heterocycles. The molecule has 0 aliphatic carbocycles. The van der Waals surface area contributed by atoms with Crippen LogP contribution in [0.1, 0.15) is 69.2 Å². The summed E-state index contributed by atoms with van der Waals surface area (Å²) in [6.45, 7) is 17.2. The van der Waals surface area contributed by atoms with Gasteiger partial charge in [-0.05, 0) is 50.5 Å². The minimum absolute atomic E-state index is 0.0694. The van der Waals surface area contributed by atoms with E-state index in [0.717, 1.165) is 17.5 Å². The first kappa shape index (κ1) is 21.6. The second-order valence-corrected chi connectivity index (χ2v) is 14.4. The van der Waals surface area contributed by atoms with E-state index in [9.17, 15) is 9.59 Å². The number of carbonyl (C=O) groups excluding carboxylic acids is 2. The van der Waals surface area contributed by atoms with Crippen LogP contribution in [0.4, 0.5) is 4.79 Å². The molecule has 0 aromatic carbocycles. The Morgan fingerprint density at radius 1 is 1.30 bits per heavy atom. The first-order chi connectivity index (χ1) is 12.2. The number of carbonyl (C=O) groups is 2. The number of hydrogen-bond donors (Lipinski definition) is 0. The number of fused-ring (bicyclic) bond motifs is 1. The highest BCUT2D eigenvalue weighted by Crippen LogP contribution is 2.39. The Hall–Kier alpha value is -1.73. The van der Waals surface area contributed by atoms with Gasteiger partial charge in [0.25, 0.3) is 0 Å². The van der Waals surface area contributed by atoms with E-state index in [1.807, 2.05) is 20.8 Å². The van der Waals surface area contributed by atoms with Crippen LogP contribution in [0, 0.1) is 0 Å². The zero-order valence-corrected chi connectivity index (χ0v) is 18.8. The predicted octanol–water partition coefficient (Wildman–Crippen LogP) is 4.71. The Bertz CT molecular complexity index is 720. The summed E-state index contributed by atoms with van der Waals surface area (Å²) in [7, 11) is -1.99. The largest absolute Gasteiger partial charge is 0.444 e. The molecule has 0 saturated carbocycles. The molecular formula is C20H32N2O4Si. The lowest BCUT2D eigenvalue weighted by Crippen LogP contribution is -2.44. The van der Waals surface area contributed by atoms with E-state index in [0.29, 0.717) is 18.7 Å². The van der Waals surface area contributed by atoms with Crippen molar-refractivity contribution < 1.29 is 18.8 Å². The van der Waals surface area contributed by atoms with Gasteiger partial charge in [-0.3, -0.25) is 14.7 Å². The van der Waals surface area contributed by atoms with Crippen LogP contribution in [-0.2, 0) is 15.7 Å². The average molecular weight is 393 g/mol. The van der Waals surface area contributed by atoms with Gasteiger partial charge < -0.3 is 9.16 Å². The van der Waals surface area contributed by atoms with Crippen molar-refractivity contribution >= 4 is 20.7 Å². The molecule has 1 aliphatic rings. The van der Waals surface area contributed by atoms with Gasteiger partial charge >= 0.3 is 6.09 Å². The van der Waals surface area contributed by atoms with E-state index in [4.69, 9.17) is 9.16 Å². The smallest absolute Gasteiger partial charge is 0.411 e. The first-order valence-electron chi connectivity index (χ1n) is 9.33. The molecule has 27 heavy (non-hydrogen) atoms. The van der Waals surface area contributed by atoms with Gasteiger partial charge in [0, 0.05) is 11.8 Å². The van der Waals surface area contributed by atoms with Crippen molar-refractivity contribution in [1.82, 2.24) is 9.88 Å². The summed E-state index contributed by atoms with van der Waals surface area (Å²) in [4.78, 5) is 30.0. The van der Waals surface area contributed by atoms with E-state index in [-0.39, 0.29) is 11.1 Å². The molecule has 7 heteroatoms. The Labute approximate surface area is 163 Å². The zero-order chi connectivity index (χ0) is 20.6. The Balaban J connectivity index is 2.30. The van der Waals surface area contributed by atoms with E-state index >= 15 is 0 Å². The summed E-state index contributed by atoms with van der Waals surface area (Å²) in [6, 6.07) is 1.48. The first-order valence-corrected chi connectivity index (χ1v) is 12.2. The van der Waals surface area contributed by atoms with Crippen LogP contribution in [-0.4, -0.2) is 42.8 Å². The average Bonchev–Trinajstić information content (AvgIpc) is 2.88. The molecule has 1 aromatic rings. The molecule has 1 atom stereocenters. The van der Waals surface area contributed by atoms with Crippen molar-refractivity contribution in [2.24, 2.45) is 0 Å². The maximum atomic E-state index is 12.8. The fraction of sp³-hybridized carbons (Fsp3) is 0.650. The number of nitrogens with zero attached hydrogens (tertiary/aromatic N) is 2. The standard InChI is InChI=1S/C20H32N2O4Si/c1-19(2,3)26-18(24)22-11-15-9-14(12-23)10-21-17(15)16(22)13-25-27(7,8)20(4,5)6/h9-10,12,16H,11,13H2,1-8H3/t16-/m0/s1. The molecule has 2 rings (SSSR count). The SMILES string of the molecule is CC(C)(C)OC(=O)N1Cc2cc(C=O)cnc2[C@@H]1CO[Si](C)(C)C(C)(C)C. The molecule has 150 valence electrons. The summed E-state index contributed by atoms with van der Waals surface area (Å²) in [5, 5.41) is 0.0694. The molecule has 6 nitrogen and oxygen atoms in total. The van der Waals surface area contributed by atoms with Crippen molar-refractivity contribution in [2.75, 3.05) is 6.61 Å². The van der Waals surface area contributed by atoms with Crippen LogP contribution in [0.25, 0.3) is 0 Å². The molecule has 1 aromatic heterocycles. The van der Waals surface area contributed by atoms with Gasteiger partial charge in [-0.1, -0.05) is 20.8 Å². The summed E-state index contributed by atoms with van der Waals surface area (Å²) >= 11 is 0. The van der Waals surface area contributed by atoms with Gasteiger partial charge in [0.05, 0.1) is 18.8 Å². The summed E-state index contributed by atoms with van der Waals surface area (Å²) in [6.07, 6.45) is 1.92. The second-order valence-electron chi connectivity index (χ2n) is 9.63. The number of amides is 1. The van der Waals surface area contributed by atoms with Crippen LogP contribution in [0.2, 0.25) is 18.1 Å². The van der Waals surface area contributed by atoms with E-state index in [1.165, 1.54) is 0 Å². The fourth-order valence-corrected chi connectivity index (χ4v) is 3.66. The highest BCUT2D eigenvalue weighted by molar-refractivity contribution is 6.74. The molecular weight excluding hydrogens is 360 g/mol. The number of pyridine rings is 1. The van der Waals surface area contributed by atoms with Gasteiger partial charge in [0.1, 0.15) is 11.6 Å². The number of rotatable bonds is 4. The van der Waals surface area contributed by atoms with E-state index < -0.39 is 20.0 Å². The van der Waals surface area contributed by atoms with Crippen LogP contribution in [0.3, 0.4) is 0 Å². The summed E-state index contributed by atoms with van der Waals surface area (Å²) < 4.78 is 12.0. The van der Waals surface area contributed by atoms with Gasteiger partial charge in [-0.25, -0.2) is 4.79 Å². The monoisotopic (exact) mass is 392 g/mol. The number of aromatic nitrogens is 1. The van der Waals surface area contributed by atoms with Crippen LogP contribution < -0.4 is 0 Å². The Kier molecular flexibility index (Phi) is 5.87. The number of aldehydes is 1. The topological polar surface area (TPSA) is 68.7 Å². The quantitative estimate of drug-likeness (QED) is 0.548. The van der Waals surface area contributed by atoms with Crippen LogP contribution >= 0.6 is 0 Å². The second kappa shape index (κ2) is 7.35. The lowest BCUT2D eigenvalue weighted by Gasteiger charge is -2.38. The van der Waals surface area contributed by atoms with Gasteiger partial charge in [0.2, 0.25) is 0 Å². The maximum Gasteiger partial charge on any atom is 0.411 e. The highest BCUT2D eigenvalue weighted by atomic mass is 28.4. The maximum absolute atomic E-state index is 12.8. The molecule has 0 fully saturated rings. The van der Waals surface area contributed by atoms with Crippen molar-refractivity contribution in [3.8, 4) is 0 Å². The molecule has 0 N–H and O–H groups in total. The minimum atomic E-state index is -1.99. The van der Waals surface area contributed by atoms with Gasteiger partial charge in [-0.2, -0.15) is 0 Å². The zero-order valence-electron chi connectivity index (χ0n) is 17.8. The van der Waals surface area contributed by atoms with Crippen LogP contribution in [0.15, 0.2) is 12.3 Å². The van der Waals surface area contributed by atoms with Gasteiger partial charge in [0.15, 0.2) is 14.6 Å². The fourth-order valence-electron chi connectivity index (χ4n) is 2.66. The highest BCUT2D eigenvalue weighted by Gasteiger charge is 2.42. The Morgan fingerprint density at radius 2 is 1.93 bits per heavy atom. The normalized spacial score (nSPS) is 17.6.